The first-order valence-corrected chi connectivity index (χ1v) is 6.67. The molecule has 0 aromatic heterocycles. The highest BCUT2D eigenvalue weighted by atomic mass is 35.5. The molecular formula is C16H16ClNO2. The van der Waals surface area contributed by atoms with E-state index in [-0.39, 0.29) is 5.91 Å². The van der Waals surface area contributed by atoms with Crippen LogP contribution in [0.1, 0.15) is 21.5 Å². The second-order valence-corrected chi connectivity index (χ2v) is 4.88. The lowest BCUT2D eigenvalue weighted by Crippen LogP contribution is -2.22. The molecule has 4 heteroatoms. The number of nitrogens with one attached hydrogen (secondary N) is 1. The van der Waals surface area contributed by atoms with Gasteiger partial charge in [0.05, 0.1) is 6.61 Å². The molecule has 0 saturated carbocycles. The topological polar surface area (TPSA) is 38.3 Å². The summed E-state index contributed by atoms with van der Waals surface area (Å²) in [7, 11) is 1.63. The quantitative estimate of drug-likeness (QED) is 0.916. The fourth-order valence-corrected chi connectivity index (χ4v) is 2.11. The van der Waals surface area contributed by atoms with Gasteiger partial charge in [0.1, 0.15) is 0 Å². The molecule has 0 saturated heterocycles. The van der Waals surface area contributed by atoms with Crippen LogP contribution in [-0.2, 0) is 17.9 Å². The van der Waals surface area contributed by atoms with Gasteiger partial charge in [-0.1, -0.05) is 35.9 Å². The Balaban J connectivity index is 1.99. The van der Waals surface area contributed by atoms with Crippen molar-refractivity contribution in [3.05, 3.63) is 70.2 Å². The van der Waals surface area contributed by atoms with Gasteiger partial charge in [-0.2, -0.15) is 0 Å². The van der Waals surface area contributed by atoms with E-state index in [0.717, 1.165) is 11.1 Å². The summed E-state index contributed by atoms with van der Waals surface area (Å²) in [5, 5.41) is 3.54. The van der Waals surface area contributed by atoms with Crippen molar-refractivity contribution in [1.29, 1.82) is 0 Å². The Morgan fingerprint density at radius 2 is 1.90 bits per heavy atom. The number of ether oxygens (including phenoxy) is 1. The van der Waals surface area contributed by atoms with Gasteiger partial charge in [-0.05, 0) is 35.4 Å². The number of halogens is 1. The molecule has 0 atom stereocenters. The van der Waals surface area contributed by atoms with E-state index in [4.69, 9.17) is 16.3 Å². The van der Waals surface area contributed by atoms with Crippen molar-refractivity contribution in [3.8, 4) is 0 Å². The van der Waals surface area contributed by atoms with Gasteiger partial charge in [-0.3, -0.25) is 4.79 Å². The van der Waals surface area contributed by atoms with E-state index in [0.29, 0.717) is 23.7 Å². The van der Waals surface area contributed by atoms with E-state index >= 15 is 0 Å². The Morgan fingerprint density at radius 1 is 1.15 bits per heavy atom. The number of amides is 1. The Bertz CT molecular complexity index is 599. The molecular weight excluding hydrogens is 274 g/mol. The van der Waals surface area contributed by atoms with Crippen LogP contribution in [0.4, 0.5) is 0 Å². The molecule has 0 radical (unpaired) electrons. The monoisotopic (exact) mass is 289 g/mol. The number of hydrogen-bond donors (Lipinski definition) is 1. The smallest absolute Gasteiger partial charge is 0.251 e. The molecule has 1 N–H and O–H groups in total. The molecule has 104 valence electrons. The Kier molecular flexibility index (Phi) is 5.16. The number of methoxy groups -OCH3 is 1. The van der Waals surface area contributed by atoms with Gasteiger partial charge in [0.25, 0.3) is 5.91 Å². The molecule has 0 bridgehead atoms. The summed E-state index contributed by atoms with van der Waals surface area (Å²) >= 11 is 5.91. The maximum absolute atomic E-state index is 12.1. The van der Waals surface area contributed by atoms with Crippen LogP contribution in [0.25, 0.3) is 0 Å². The van der Waals surface area contributed by atoms with E-state index in [2.05, 4.69) is 5.32 Å². The van der Waals surface area contributed by atoms with Gasteiger partial charge in [0, 0.05) is 24.2 Å². The molecule has 1 amide bonds. The predicted octanol–water partition coefficient (Wildman–Crippen LogP) is 3.42. The molecule has 0 heterocycles. The largest absolute Gasteiger partial charge is 0.380 e. The molecule has 2 rings (SSSR count). The molecule has 0 aliphatic heterocycles. The summed E-state index contributed by atoms with van der Waals surface area (Å²) in [6.07, 6.45) is 0. The van der Waals surface area contributed by atoms with Crippen LogP contribution in [0.3, 0.4) is 0 Å². The number of hydrogen-bond acceptors (Lipinski definition) is 2. The van der Waals surface area contributed by atoms with Gasteiger partial charge >= 0.3 is 0 Å². The zero-order valence-corrected chi connectivity index (χ0v) is 12.0. The fourth-order valence-electron chi connectivity index (χ4n) is 1.90. The Hall–Kier alpha value is -1.84. The molecule has 20 heavy (non-hydrogen) atoms. The summed E-state index contributed by atoms with van der Waals surface area (Å²) in [4.78, 5) is 12.1. The van der Waals surface area contributed by atoms with Gasteiger partial charge in [-0.25, -0.2) is 0 Å². The first kappa shape index (κ1) is 14.6. The summed E-state index contributed by atoms with van der Waals surface area (Å²) in [6, 6.07) is 14.8. The SMILES string of the molecule is COCc1cccc(C(=O)NCc2cccc(Cl)c2)c1. The number of carbonyl (C=O) groups is 1. The van der Waals surface area contributed by atoms with Crippen LogP contribution < -0.4 is 5.32 Å². The molecule has 0 aliphatic rings. The Labute approximate surface area is 123 Å². The predicted molar refractivity (Wildman–Crippen MR) is 79.8 cm³/mol. The second kappa shape index (κ2) is 7.08. The highest BCUT2D eigenvalue weighted by Gasteiger charge is 2.06. The summed E-state index contributed by atoms with van der Waals surface area (Å²) in [5.41, 5.74) is 2.57. The number of carbonyl (C=O) groups excluding carboxylic acids is 1. The molecule has 2 aromatic carbocycles. The maximum atomic E-state index is 12.1. The van der Waals surface area contributed by atoms with E-state index in [1.165, 1.54) is 0 Å². The van der Waals surface area contributed by atoms with E-state index in [1.807, 2.05) is 36.4 Å². The first-order chi connectivity index (χ1) is 9.69. The minimum absolute atomic E-state index is 0.108. The lowest BCUT2D eigenvalue weighted by atomic mass is 10.1. The zero-order chi connectivity index (χ0) is 14.4. The van der Waals surface area contributed by atoms with Gasteiger partial charge in [0.2, 0.25) is 0 Å². The van der Waals surface area contributed by atoms with Crippen LogP contribution in [-0.4, -0.2) is 13.0 Å². The van der Waals surface area contributed by atoms with Crippen molar-refractivity contribution in [2.75, 3.05) is 7.11 Å². The summed E-state index contributed by atoms with van der Waals surface area (Å²) in [6.45, 7) is 0.948. The molecule has 3 nitrogen and oxygen atoms in total. The van der Waals surface area contributed by atoms with Crippen LogP contribution in [0, 0.1) is 0 Å². The molecule has 0 spiro atoms. The minimum atomic E-state index is -0.108. The van der Waals surface area contributed by atoms with Crippen LogP contribution in [0.5, 0.6) is 0 Å². The maximum Gasteiger partial charge on any atom is 0.251 e. The van der Waals surface area contributed by atoms with Gasteiger partial charge < -0.3 is 10.1 Å². The zero-order valence-electron chi connectivity index (χ0n) is 11.2. The normalized spacial score (nSPS) is 10.3. The number of rotatable bonds is 5. The van der Waals surface area contributed by atoms with Crippen molar-refractivity contribution in [1.82, 2.24) is 5.32 Å². The molecule has 0 aliphatic carbocycles. The highest BCUT2D eigenvalue weighted by molar-refractivity contribution is 6.30. The lowest BCUT2D eigenvalue weighted by molar-refractivity contribution is 0.0950. The lowest BCUT2D eigenvalue weighted by Gasteiger charge is -2.07. The first-order valence-electron chi connectivity index (χ1n) is 6.29. The van der Waals surface area contributed by atoms with Crippen molar-refractivity contribution >= 4 is 17.5 Å². The van der Waals surface area contributed by atoms with E-state index in [1.54, 1.807) is 19.2 Å². The van der Waals surface area contributed by atoms with Gasteiger partial charge in [0.15, 0.2) is 0 Å². The summed E-state index contributed by atoms with van der Waals surface area (Å²) in [5.74, 6) is -0.108. The van der Waals surface area contributed by atoms with Crippen LogP contribution in [0.15, 0.2) is 48.5 Å². The van der Waals surface area contributed by atoms with Gasteiger partial charge in [-0.15, -0.1) is 0 Å². The van der Waals surface area contributed by atoms with E-state index in [9.17, 15) is 4.79 Å². The average Bonchev–Trinajstić information content (AvgIpc) is 2.45. The third-order valence-electron chi connectivity index (χ3n) is 2.84. The standard InChI is InChI=1S/C16H16ClNO2/c1-20-11-13-5-2-6-14(8-13)16(19)18-10-12-4-3-7-15(17)9-12/h2-9H,10-11H2,1H3,(H,18,19). The van der Waals surface area contributed by atoms with Crippen LogP contribution >= 0.6 is 11.6 Å². The third kappa shape index (κ3) is 4.08. The third-order valence-corrected chi connectivity index (χ3v) is 3.08. The van der Waals surface area contributed by atoms with Crippen molar-refractivity contribution in [2.45, 2.75) is 13.2 Å². The molecule has 0 unspecified atom stereocenters. The fraction of sp³-hybridized carbons (Fsp3) is 0.188. The Morgan fingerprint density at radius 3 is 2.65 bits per heavy atom. The van der Waals surface area contributed by atoms with Crippen molar-refractivity contribution < 1.29 is 9.53 Å². The number of benzene rings is 2. The molecule has 0 fully saturated rings. The highest BCUT2D eigenvalue weighted by Crippen LogP contribution is 2.11. The van der Waals surface area contributed by atoms with Crippen molar-refractivity contribution in [3.63, 3.8) is 0 Å². The van der Waals surface area contributed by atoms with Crippen molar-refractivity contribution in [2.24, 2.45) is 0 Å². The van der Waals surface area contributed by atoms with Crippen LogP contribution in [0.2, 0.25) is 5.02 Å². The average molecular weight is 290 g/mol. The van der Waals surface area contributed by atoms with E-state index < -0.39 is 0 Å². The molecule has 2 aromatic rings. The minimum Gasteiger partial charge on any atom is -0.380 e. The second-order valence-electron chi connectivity index (χ2n) is 4.45. The summed E-state index contributed by atoms with van der Waals surface area (Å²) < 4.78 is 5.06.